The highest BCUT2D eigenvalue weighted by Gasteiger charge is 2.51. The lowest BCUT2D eigenvalue weighted by molar-refractivity contribution is -0.192. The highest BCUT2D eigenvalue weighted by molar-refractivity contribution is 7.86. The first-order chi connectivity index (χ1) is 24.2. The number of carbonyl (C=O) groups excluding carboxylic acids is 1. The number of amides is 2. The van der Waals surface area contributed by atoms with Crippen molar-refractivity contribution in [2.75, 3.05) is 4.90 Å². The summed E-state index contributed by atoms with van der Waals surface area (Å²) in [6.45, 7) is 3.73. The second-order valence-electron chi connectivity index (χ2n) is 11.9. The quantitative estimate of drug-likeness (QED) is 0.126. The molecule has 0 spiro atoms. The number of carbonyl (C=O) groups is 2. The molecule has 2 amide bonds. The van der Waals surface area contributed by atoms with Crippen LogP contribution in [0.5, 0.6) is 0 Å². The molecule has 2 unspecified atom stereocenters. The summed E-state index contributed by atoms with van der Waals surface area (Å²) in [5.41, 5.74) is 5.55. The van der Waals surface area contributed by atoms with Gasteiger partial charge in [0.25, 0.3) is 10.1 Å². The summed E-state index contributed by atoms with van der Waals surface area (Å²) in [7, 11) is -4.63. The standard InChI is InChI=1S/C36H33N3O4S.C2HF3O2/c1-26-24-37-23-22-28(26)25-38-27(2)34(44(41,42)43)39(35(38)40)33-20-18-32(19-21-33)36(29-12-6-3-7-13-29,30-14-8-4-9-15-30)31-16-10-5-11-17-31;3-2(4,5)1(6)7/h3-24,27,34H,25H2,1-2H3,(H,41,42,43);(H,6,7). The summed E-state index contributed by atoms with van der Waals surface area (Å²) in [5, 5.41) is 5.66. The van der Waals surface area contributed by atoms with Gasteiger partial charge in [-0.2, -0.15) is 21.6 Å². The number of carboxylic acid groups (broad SMARTS) is 1. The van der Waals surface area contributed by atoms with Crippen molar-refractivity contribution in [3.8, 4) is 0 Å². The maximum absolute atomic E-state index is 13.9. The molecule has 0 aliphatic carbocycles. The number of aliphatic carboxylic acids is 1. The predicted molar refractivity (Wildman–Crippen MR) is 186 cm³/mol. The molecule has 0 radical (unpaired) electrons. The van der Waals surface area contributed by atoms with Gasteiger partial charge in [0.15, 0.2) is 5.37 Å². The van der Waals surface area contributed by atoms with Crippen LogP contribution in [0.15, 0.2) is 134 Å². The number of hydrogen-bond acceptors (Lipinski definition) is 5. The highest BCUT2D eigenvalue weighted by Crippen LogP contribution is 2.46. The van der Waals surface area contributed by atoms with E-state index in [-0.39, 0.29) is 6.54 Å². The van der Waals surface area contributed by atoms with E-state index in [1.54, 1.807) is 31.5 Å². The Hall–Kier alpha value is -5.53. The van der Waals surface area contributed by atoms with Gasteiger partial charge >= 0.3 is 18.2 Å². The lowest BCUT2D eigenvalue weighted by Crippen LogP contribution is -2.42. The zero-order valence-corrected chi connectivity index (χ0v) is 28.3. The second-order valence-corrected chi connectivity index (χ2v) is 13.4. The normalized spacial score (nSPS) is 16.4. The number of rotatable bonds is 8. The van der Waals surface area contributed by atoms with Gasteiger partial charge in [-0.05, 0) is 65.4 Å². The van der Waals surface area contributed by atoms with Crippen molar-refractivity contribution >= 4 is 27.8 Å². The van der Waals surface area contributed by atoms with Gasteiger partial charge < -0.3 is 10.0 Å². The molecule has 1 aromatic heterocycles. The molecule has 1 saturated heterocycles. The number of halogens is 3. The molecule has 1 aliphatic rings. The van der Waals surface area contributed by atoms with E-state index in [0.29, 0.717) is 5.69 Å². The number of benzene rings is 4. The number of pyridine rings is 1. The van der Waals surface area contributed by atoms with Crippen LogP contribution >= 0.6 is 0 Å². The molecule has 51 heavy (non-hydrogen) atoms. The first-order valence-corrected chi connectivity index (χ1v) is 17.2. The molecule has 9 nitrogen and oxygen atoms in total. The van der Waals surface area contributed by atoms with Crippen LogP contribution < -0.4 is 4.90 Å². The van der Waals surface area contributed by atoms with Crippen LogP contribution in [0.2, 0.25) is 0 Å². The number of aryl methyl sites for hydroxylation is 1. The van der Waals surface area contributed by atoms with Crippen molar-refractivity contribution in [2.24, 2.45) is 0 Å². The summed E-state index contributed by atoms with van der Waals surface area (Å²) in [5.74, 6) is -2.76. The van der Waals surface area contributed by atoms with Gasteiger partial charge in [-0.3, -0.25) is 14.4 Å². The minimum atomic E-state index is -5.08. The SMILES string of the molecule is Cc1cnccc1CN1C(=O)N(c2ccc(C(c3ccccc3)(c3ccccc3)c3ccccc3)cc2)C(S(=O)(=O)O)C1C.O=C(O)C(F)(F)F. The summed E-state index contributed by atoms with van der Waals surface area (Å²) in [4.78, 5) is 29.6. The first kappa shape index (κ1) is 36.7. The van der Waals surface area contributed by atoms with Crippen molar-refractivity contribution in [1.82, 2.24) is 9.88 Å². The zero-order chi connectivity index (χ0) is 37.0. The minimum Gasteiger partial charge on any atom is -0.475 e. The third-order valence-corrected chi connectivity index (χ3v) is 10.0. The van der Waals surface area contributed by atoms with Crippen molar-refractivity contribution < 1.29 is 40.8 Å². The summed E-state index contributed by atoms with van der Waals surface area (Å²) in [6, 6.07) is 38.6. The van der Waals surface area contributed by atoms with Crippen LogP contribution in [0.3, 0.4) is 0 Å². The Labute approximate surface area is 293 Å². The molecular formula is C38H34F3N3O6S. The maximum atomic E-state index is 13.9. The Bertz CT molecular complexity index is 1990. The number of alkyl halides is 3. The molecule has 2 heterocycles. The summed E-state index contributed by atoms with van der Waals surface area (Å²) < 4.78 is 67.6. The Morgan fingerprint density at radius 2 is 1.22 bits per heavy atom. The number of aromatic nitrogens is 1. The number of hydrogen-bond donors (Lipinski definition) is 2. The van der Waals surface area contributed by atoms with Gasteiger partial charge in [0, 0.05) is 24.6 Å². The molecule has 2 atom stereocenters. The third-order valence-electron chi connectivity index (χ3n) is 8.83. The average molecular weight is 718 g/mol. The number of nitrogens with zero attached hydrogens (tertiary/aromatic N) is 3. The zero-order valence-electron chi connectivity index (χ0n) is 27.5. The molecule has 2 N–H and O–H groups in total. The monoisotopic (exact) mass is 717 g/mol. The molecule has 13 heteroatoms. The Balaban J connectivity index is 0.000000654. The average Bonchev–Trinajstić information content (AvgIpc) is 3.37. The fourth-order valence-corrected chi connectivity index (χ4v) is 7.56. The van der Waals surface area contributed by atoms with Gasteiger partial charge in [-0.25, -0.2) is 9.59 Å². The Morgan fingerprint density at radius 3 is 1.61 bits per heavy atom. The smallest absolute Gasteiger partial charge is 0.475 e. The van der Waals surface area contributed by atoms with Gasteiger partial charge in [0.2, 0.25) is 0 Å². The maximum Gasteiger partial charge on any atom is 0.490 e. The van der Waals surface area contributed by atoms with E-state index in [4.69, 9.17) is 9.90 Å². The van der Waals surface area contributed by atoms with E-state index in [1.807, 2.05) is 79.7 Å². The van der Waals surface area contributed by atoms with E-state index >= 15 is 0 Å². The Kier molecular flexibility index (Phi) is 10.6. The van der Waals surface area contributed by atoms with E-state index in [9.17, 15) is 30.9 Å². The van der Waals surface area contributed by atoms with Crippen molar-refractivity contribution in [1.29, 1.82) is 0 Å². The fourth-order valence-electron chi connectivity index (χ4n) is 6.44. The third kappa shape index (κ3) is 7.49. The minimum absolute atomic E-state index is 0.189. The van der Waals surface area contributed by atoms with Crippen LogP contribution in [0.25, 0.3) is 0 Å². The van der Waals surface area contributed by atoms with Gasteiger partial charge in [-0.1, -0.05) is 103 Å². The van der Waals surface area contributed by atoms with Gasteiger partial charge in [-0.15, -0.1) is 0 Å². The lowest BCUT2D eigenvalue weighted by Gasteiger charge is -2.37. The molecule has 4 aromatic carbocycles. The van der Waals surface area contributed by atoms with E-state index in [2.05, 4.69) is 41.4 Å². The van der Waals surface area contributed by atoms with Crippen LogP contribution in [0.1, 0.15) is 40.3 Å². The largest absolute Gasteiger partial charge is 0.490 e. The molecule has 1 aliphatic heterocycles. The van der Waals surface area contributed by atoms with Gasteiger partial charge in [0.05, 0.1) is 11.5 Å². The highest BCUT2D eigenvalue weighted by atomic mass is 32.2. The van der Waals surface area contributed by atoms with Crippen LogP contribution in [-0.4, -0.2) is 57.6 Å². The molecule has 0 saturated carbocycles. The van der Waals surface area contributed by atoms with Crippen LogP contribution in [-0.2, 0) is 26.9 Å². The lowest BCUT2D eigenvalue weighted by atomic mass is 9.65. The topological polar surface area (TPSA) is 128 Å². The first-order valence-electron chi connectivity index (χ1n) is 15.7. The number of carboxylic acids is 1. The molecule has 264 valence electrons. The van der Waals surface area contributed by atoms with Crippen LogP contribution in [0, 0.1) is 6.92 Å². The summed E-state index contributed by atoms with van der Waals surface area (Å²) >= 11 is 0. The van der Waals surface area contributed by atoms with E-state index in [1.165, 1.54) is 9.80 Å². The molecular weight excluding hydrogens is 683 g/mol. The molecule has 5 aromatic rings. The number of urea groups is 1. The van der Waals surface area contributed by atoms with E-state index < -0.39 is 45.1 Å². The predicted octanol–water partition coefficient (Wildman–Crippen LogP) is 7.45. The molecule has 0 bridgehead atoms. The second kappa shape index (κ2) is 14.8. The van der Waals surface area contributed by atoms with E-state index in [0.717, 1.165) is 33.4 Å². The van der Waals surface area contributed by atoms with Crippen LogP contribution in [0.4, 0.5) is 23.7 Å². The Morgan fingerprint density at radius 1 is 0.784 bits per heavy atom. The fraction of sp³-hybridized carbons (Fsp3) is 0.184. The molecule has 1 fully saturated rings. The van der Waals surface area contributed by atoms with Gasteiger partial charge in [0.1, 0.15) is 0 Å². The molecule has 6 rings (SSSR count). The van der Waals surface area contributed by atoms with Crippen molar-refractivity contribution in [2.45, 2.75) is 43.4 Å². The van der Waals surface area contributed by atoms with Crippen molar-refractivity contribution in [3.63, 3.8) is 0 Å². The number of anilines is 1. The summed E-state index contributed by atoms with van der Waals surface area (Å²) in [6.07, 6.45) is -1.74. The van der Waals surface area contributed by atoms with Crippen molar-refractivity contribution in [3.05, 3.63) is 167 Å².